The van der Waals surface area contributed by atoms with E-state index < -0.39 is 0 Å². The maximum absolute atomic E-state index is 9.96. The van der Waals surface area contributed by atoms with Gasteiger partial charge in [-0.25, -0.2) is 0 Å². The van der Waals surface area contributed by atoms with Gasteiger partial charge in [0.05, 0.1) is 19.3 Å². The van der Waals surface area contributed by atoms with Crippen molar-refractivity contribution < 1.29 is 9.84 Å². The molecule has 0 bridgehead atoms. The number of aliphatic hydroxyl groups is 1. The molecule has 1 atom stereocenters. The van der Waals surface area contributed by atoms with Crippen LogP contribution in [0, 0.1) is 5.92 Å². The molecule has 2 rings (SSSR count). The standard InChI is InChI=1S/C15H25NO2S/c1-16(9-13-5-2-3-6-13)10-14(17)11-18-12-15-7-4-8-19-15/h4,7-8,13-14,17H,2-3,5-6,9-12H2,1H3. The minimum absolute atomic E-state index is 0.383. The molecule has 1 aliphatic rings. The molecule has 1 N–H and O–H groups in total. The van der Waals surface area contributed by atoms with E-state index in [2.05, 4.69) is 18.0 Å². The number of ether oxygens (including phenoxy) is 1. The highest BCUT2D eigenvalue weighted by molar-refractivity contribution is 7.09. The van der Waals surface area contributed by atoms with E-state index in [9.17, 15) is 5.11 Å². The van der Waals surface area contributed by atoms with Crippen LogP contribution in [0.5, 0.6) is 0 Å². The second-order valence-corrected chi connectivity index (χ2v) is 6.65. The predicted molar refractivity (Wildman–Crippen MR) is 79.4 cm³/mol. The number of hydrogen-bond acceptors (Lipinski definition) is 4. The molecule has 0 radical (unpaired) electrons. The summed E-state index contributed by atoms with van der Waals surface area (Å²) >= 11 is 1.69. The van der Waals surface area contributed by atoms with Crippen molar-refractivity contribution in [1.82, 2.24) is 4.90 Å². The summed E-state index contributed by atoms with van der Waals surface area (Å²) in [6.45, 7) is 2.86. The van der Waals surface area contributed by atoms with Crippen LogP contribution < -0.4 is 0 Å². The summed E-state index contributed by atoms with van der Waals surface area (Å²) in [5.41, 5.74) is 0. The molecule has 1 fully saturated rings. The van der Waals surface area contributed by atoms with Crippen molar-refractivity contribution >= 4 is 11.3 Å². The van der Waals surface area contributed by atoms with Gasteiger partial charge in [0.15, 0.2) is 0 Å². The Balaban J connectivity index is 1.56. The number of rotatable bonds is 8. The molecule has 4 heteroatoms. The Morgan fingerprint density at radius 3 is 2.95 bits per heavy atom. The Kier molecular flexibility index (Phi) is 6.31. The van der Waals surface area contributed by atoms with E-state index in [0.717, 1.165) is 12.5 Å². The summed E-state index contributed by atoms with van der Waals surface area (Å²) in [6, 6.07) is 4.08. The van der Waals surface area contributed by atoms with Gasteiger partial charge >= 0.3 is 0 Å². The average Bonchev–Trinajstić information content (AvgIpc) is 3.01. The number of thiophene rings is 1. The van der Waals surface area contributed by atoms with E-state index in [1.165, 1.54) is 30.6 Å². The smallest absolute Gasteiger partial charge is 0.0900 e. The second kappa shape index (κ2) is 8.00. The van der Waals surface area contributed by atoms with Crippen LogP contribution in [0.25, 0.3) is 0 Å². The molecule has 0 aliphatic heterocycles. The van der Waals surface area contributed by atoms with Crippen molar-refractivity contribution in [3.05, 3.63) is 22.4 Å². The number of nitrogens with zero attached hydrogens (tertiary/aromatic N) is 1. The third kappa shape index (κ3) is 5.61. The SMILES string of the molecule is CN(CC(O)COCc1cccs1)CC1CCCC1. The van der Waals surface area contributed by atoms with Crippen molar-refractivity contribution in [3.8, 4) is 0 Å². The van der Waals surface area contributed by atoms with Gasteiger partial charge in [0.25, 0.3) is 0 Å². The monoisotopic (exact) mass is 283 g/mol. The van der Waals surface area contributed by atoms with Gasteiger partial charge in [-0.2, -0.15) is 0 Å². The molecule has 1 unspecified atom stereocenters. The van der Waals surface area contributed by atoms with Crippen molar-refractivity contribution in [2.24, 2.45) is 5.92 Å². The lowest BCUT2D eigenvalue weighted by atomic mass is 10.1. The maximum atomic E-state index is 9.96. The zero-order chi connectivity index (χ0) is 13.5. The minimum atomic E-state index is -0.383. The molecule has 0 saturated heterocycles. The van der Waals surface area contributed by atoms with Crippen LogP contribution in [0.1, 0.15) is 30.6 Å². The summed E-state index contributed by atoms with van der Waals surface area (Å²) in [4.78, 5) is 3.46. The normalized spacial score (nSPS) is 18.3. The largest absolute Gasteiger partial charge is 0.389 e. The second-order valence-electron chi connectivity index (χ2n) is 5.62. The number of likely N-dealkylation sites (N-methyl/N-ethyl adjacent to an activating group) is 1. The topological polar surface area (TPSA) is 32.7 Å². The molecular formula is C15H25NO2S. The molecule has 1 saturated carbocycles. The Bertz CT molecular complexity index is 336. The van der Waals surface area contributed by atoms with Gasteiger partial charge in [0, 0.05) is 18.0 Å². The van der Waals surface area contributed by atoms with Crippen LogP contribution in [0.15, 0.2) is 17.5 Å². The van der Waals surface area contributed by atoms with Gasteiger partial charge < -0.3 is 14.7 Å². The van der Waals surface area contributed by atoms with Gasteiger partial charge in [-0.1, -0.05) is 18.9 Å². The number of hydrogen-bond donors (Lipinski definition) is 1. The Morgan fingerprint density at radius 1 is 1.47 bits per heavy atom. The first-order valence-corrected chi connectivity index (χ1v) is 8.08. The fourth-order valence-electron chi connectivity index (χ4n) is 2.81. The molecule has 0 amide bonds. The van der Waals surface area contributed by atoms with Crippen molar-refractivity contribution in [2.75, 3.05) is 26.7 Å². The molecule has 3 nitrogen and oxygen atoms in total. The molecule has 0 spiro atoms. The van der Waals surface area contributed by atoms with Gasteiger partial charge in [0.1, 0.15) is 0 Å². The molecule has 1 heterocycles. The first-order chi connectivity index (χ1) is 9.24. The Labute approximate surface area is 120 Å². The molecular weight excluding hydrogens is 258 g/mol. The van der Waals surface area contributed by atoms with Gasteiger partial charge in [0.2, 0.25) is 0 Å². The zero-order valence-corrected chi connectivity index (χ0v) is 12.6. The highest BCUT2D eigenvalue weighted by Crippen LogP contribution is 2.25. The average molecular weight is 283 g/mol. The van der Waals surface area contributed by atoms with E-state index in [-0.39, 0.29) is 6.10 Å². The molecule has 1 aromatic rings. The lowest BCUT2D eigenvalue weighted by molar-refractivity contribution is 0.0127. The highest BCUT2D eigenvalue weighted by Gasteiger charge is 2.18. The maximum Gasteiger partial charge on any atom is 0.0900 e. The molecule has 1 aromatic heterocycles. The predicted octanol–water partition coefficient (Wildman–Crippen LogP) is 2.75. The van der Waals surface area contributed by atoms with E-state index >= 15 is 0 Å². The Hall–Kier alpha value is -0.420. The van der Waals surface area contributed by atoms with Crippen LogP contribution in [0.4, 0.5) is 0 Å². The van der Waals surface area contributed by atoms with Crippen LogP contribution in [-0.4, -0.2) is 42.9 Å². The molecule has 108 valence electrons. The lowest BCUT2D eigenvalue weighted by Crippen LogP contribution is -2.34. The molecule has 1 aliphatic carbocycles. The van der Waals surface area contributed by atoms with Gasteiger partial charge in [-0.05, 0) is 37.3 Å². The van der Waals surface area contributed by atoms with E-state index in [1.807, 2.05) is 11.4 Å². The lowest BCUT2D eigenvalue weighted by Gasteiger charge is -2.23. The quantitative estimate of drug-likeness (QED) is 0.796. The fraction of sp³-hybridized carbons (Fsp3) is 0.733. The summed E-state index contributed by atoms with van der Waals surface area (Å²) in [5, 5.41) is 12.0. The molecule has 0 aromatic carbocycles. The third-order valence-corrected chi connectivity index (χ3v) is 4.55. The summed E-state index contributed by atoms with van der Waals surface area (Å²) in [6.07, 6.45) is 5.09. The zero-order valence-electron chi connectivity index (χ0n) is 11.8. The van der Waals surface area contributed by atoms with Crippen LogP contribution >= 0.6 is 11.3 Å². The van der Waals surface area contributed by atoms with Crippen LogP contribution in [-0.2, 0) is 11.3 Å². The van der Waals surface area contributed by atoms with Crippen molar-refractivity contribution in [3.63, 3.8) is 0 Å². The fourth-order valence-corrected chi connectivity index (χ4v) is 3.45. The molecule has 19 heavy (non-hydrogen) atoms. The van der Waals surface area contributed by atoms with Crippen LogP contribution in [0.3, 0.4) is 0 Å². The first kappa shape index (κ1) is 15.0. The Morgan fingerprint density at radius 2 is 2.26 bits per heavy atom. The highest BCUT2D eigenvalue weighted by atomic mass is 32.1. The van der Waals surface area contributed by atoms with E-state index in [4.69, 9.17) is 4.74 Å². The van der Waals surface area contributed by atoms with E-state index in [0.29, 0.717) is 19.8 Å². The van der Waals surface area contributed by atoms with Crippen molar-refractivity contribution in [1.29, 1.82) is 0 Å². The van der Waals surface area contributed by atoms with Gasteiger partial charge in [-0.3, -0.25) is 0 Å². The van der Waals surface area contributed by atoms with Crippen LogP contribution in [0.2, 0.25) is 0 Å². The summed E-state index contributed by atoms with van der Waals surface area (Å²) in [7, 11) is 2.10. The van der Waals surface area contributed by atoms with Gasteiger partial charge in [-0.15, -0.1) is 11.3 Å². The summed E-state index contributed by atoms with van der Waals surface area (Å²) in [5.74, 6) is 0.837. The summed E-state index contributed by atoms with van der Waals surface area (Å²) < 4.78 is 5.54. The third-order valence-electron chi connectivity index (χ3n) is 3.70. The minimum Gasteiger partial charge on any atom is -0.389 e. The first-order valence-electron chi connectivity index (χ1n) is 7.21. The van der Waals surface area contributed by atoms with Crippen molar-refractivity contribution in [2.45, 2.75) is 38.4 Å². The van der Waals surface area contributed by atoms with E-state index in [1.54, 1.807) is 11.3 Å². The number of aliphatic hydroxyl groups excluding tert-OH is 1.